The van der Waals surface area contributed by atoms with Crippen LogP contribution in [0.1, 0.15) is 19.3 Å². The molecule has 2 aliphatic rings. The second-order valence-electron chi connectivity index (χ2n) is 4.53. The molecule has 1 N–H and O–H groups in total. The van der Waals surface area contributed by atoms with E-state index in [1.807, 2.05) is 24.3 Å². The van der Waals surface area contributed by atoms with Gasteiger partial charge >= 0.3 is 0 Å². The zero-order valence-corrected chi connectivity index (χ0v) is 9.32. The molecule has 1 heterocycles. The molecule has 0 aromatic heterocycles. The third-order valence-electron chi connectivity index (χ3n) is 3.31. The summed E-state index contributed by atoms with van der Waals surface area (Å²) >= 11 is 0. The summed E-state index contributed by atoms with van der Waals surface area (Å²) in [6.45, 7) is 1.54. The lowest BCUT2D eigenvalue weighted by Crippen LogP contribution is -2.44. The van der Waals surface area contributed by atoms with E-state index in [4.69, 9.17) is 9.47 Å². The molecular formula is C13H17NO2. The summed E-state index contributed by atoms with van der Waals surface area (Å²) < 4.78 is 11.5. The minimum Gasteiger partial charge on any atom is -0.486 e. The van der Waals surface area contributed by atoms with Gasteiger partial charge in [0.25, 0.3) is 0 Å². The monoisotopic (exact) mass is 219 g/mol. The van der Waals surface area contributed by atoms with E-state index >= 15 is 0 Å². The molecule has 0 spiro atoms. The summed E-state index contributed by atoms with van der Waals surface area (Å²) in [5.74, 6) is 1.73. The molecule has 0 saturated heterocycles. The Balaban J connectivity index is 1.55. The summed E-state index contributed by atoms with van der Waals surface area (Å²) in [5.41, 5.74) is 0. The SMILES string of the molecule is c1ccc2c(c1)OCC(CNC1CCC1)O2. The molecule has 0 amide bonds. The Morgan fingerprint density at radius 1 is 1.19 bits per heavy atom. The fourth-order valence-electron chi connectivity index (χ4n) is 2.07. The van der Waals surface area contributed by atoms with Gasteiger partial charge in [-0.3, -0.25) is 0 Å². The number of benzene rings is 1. The highest BCUT2D eigenvalue weighted by Gasteiger charge is 2.23. The van der Waals surface area contributed by atoms with Gasteiger partial charge in [0, 0.05) is 12.6 Å². The molecule has 0 radical (unpaired) electrons. The van der Waals surface area contributed by atoms with Crippen molar-refractivity contribution < 1.29 is 9.47 Å². The van der Waals surface area contributed by atoms with E-state index in [-0.39, 0.29) is 6.10 Å². The van der Waals surface area contributed by atoms with Gasteiger partial charge in [0.1, 0.15) is 12.7 Å². The number of ether oxygens (including phenoxy) is 2. The predicted octanol–water partition coefficient (Wildman–Crippen LogP) is 1.97. The van der Waals surface area contributed by atoms with Gasteiger partial charge in [-0.05, 0) is 25.0 Å². The standard InChI is InChI=1S/C13H17NO2/c1-2-7-13-12(6-1)15-9-11(16-13)8-14-10-4-3-5-10/h1-2,6-7,10-11,14H,3-5,8-9H2. The molecule has 3 heteroatoms. The number of nitrogens with one attached hydrogen (secondary N) is 1. The lowest BCUT2D eigenvalue weighted by molar-refractivity contribution is 0.0853. The van der Waals surface area contributed by atoms with Gasteiger partial charge in [0.15, 0.2) is 11.5 Å². The van der Waals surface area contributed by atoms with Gasteiger partial charge < -0.3 is 14.8 Å². The minimum atomic E-state index is 0.149. The lowest BCUT2D eigenvalue weighted by atomic mass is 9.93. The summed E-state index contributed by atoms with van der Waals surface area (Å²) in [5, 5.41) is 3.51. The van der Waals surface area contributed by atoms with E-state index in [2.05, 4.69) is 5.32 Å². The molecule has 3 rings (SSSR count). The molecule has 1 aromatic carbocycles. The maximum atomic E-state index is 5.86. The smallest absolute Gasteiger partial charge is 0.161 e. The Morgan fingerprint density at radius 2 is 2.00 bits per heavy atom. The van der Waals surface area contributed by atoms with E-state index in [0.29, 0.717) is 12.6 Å². The van der Waals surface area contributed by atoms with Crippen LogP contribution in [-0.4, -0.2) is 25.3 Å². The molecular weight excluding hydrogens is 202 g/mol. The number of para-hydroxylation sites is 2. The quantitative estimate of drug-likeness (QED) is 0.843. The van der Waals surface area contributed by atoms with E-state index < -0.39 is 0 Å². The molecule has 1 aliphatic heterocycles. The number of hydrogen-bond donors (Lipinski definition) is 1. The molecule has 1 unspecified atom stereocenters. The van der Waals surface area contributed by atoms with Gasteiger partial charge in [-0.2, -0.15) is 0 Å². The normalized spacial score (nSPS) is 23.9. The molecule has 1 aliphatic carbocycles. The Labute approximate surface area is 95.8 Å². The Morgan fingerprint density at radius 3 is 2.75 bits per heavy atom. The topological polar surface area (TPSA) is 30.5 Å². The molecule has 1 fully saturated rings. The maximum absolute atomic E-state index is 5.86. The van der Waals surface area contributed by atoms with Crippen LogP contribution in [0.3, 0.4) is 0 Å². The van der Waals surface area contributed by atoms with Crippen molar-refractivity contribution in [1.29, 1.82) is 0 Å². The zero-order chi connectivity index (χ0) is 10.8. The molecule has 1 atom stereocenters. The van der Waals surface area contributed by atoms with Gasteiger partial charge in [-0.15, -0.1) is 0 Å². The van der Waals surface area contributed by atoms with Crippen LogP contribution < -0.4 is 14.8 Å². The molecule has 1 aromatic rings. The Hall–Kier alpha value is -1.22. The summed E-state index contributed by atoms with van der Waals surface area (Å²) in [4.78, 5) is 0. The summed E-state index contributed by atoms with van der Waals surface area (Å²) in [6, 6.07) is 8.57. The van der Waals surface area contributed by atoms with Gasteiger partial charge in [0.05, 0.1) is 0 Å². The molecule has 1 saturated carbocycles. The molecule has 0 bridgehead atoms. The average molecular weight is 219 g/mol. The van der Waals surface area contributed by atoms with Crippen molar-refractivity contribution in [2.24, 2.45) is 0 Å². The van der Waals surface area contributed by atoms with E-state index in [1.165, 1.54) is 19.3 Å². The maximum Gasteiger partial charge on any atom is 0.161 e. The van der Waals surface area contributed by atoms with Gasteiger partial charge in [-0.1, -0.05) is 18.6 Å². The highest BCUT2D eigenvalue weighted by Crippen LogP contribution is 2.30. The fraction of sp³-hybridized carbons (Fsp3) is 0.538. The molecule has 3 nitrogen and oxygen atoms in total. The molecule has 86 valence electrons. The summed E-state index contributed by atoms with van der Waals surface area (Å²) in [7, 11) is 0. The predicted molar refractivity (Wildman–Crippen MR) is 62.0 cm³/mol. The van der Waals surface area contributed by atoms with Crippen molar-refractivity contribution >= 4 is 0 Å². The van der Waals surface area contributed by atoms with Crippen LogP contribution in [0.25, 0.3) is 0 Å². The highest BCUT2D eigenvalue weighted by molar-refractivity contribution is 5.40. The third kappa shape index (κ3) is 2.00. The zero-order valence-electron chi connectivity index (χ0n) is 9.32. The molecule has 16 heavy (non-hydrogen) atoms. The van der Waals surface area contributed by atoms with Crippen molar-refractivity contribution in [3.8, 4) is 11.5 Å². The van der Waals surface area contributed by atoms with Crippen LogP contribution in [0.2, 0.25) is 0 Å². The van der Waals surface area contributed by atoms with Crippen molar-refractivity contribution in [3.63, 3.8) is 0 Å². The van der Waals surface area contributed by atoms with Crippen LogP contribution in [0.15, 0.2) is 24.3 Å². The van der Waals surface area contributed by atoms with Crippen LogP contribution in [0.4, 0.5) is 0 Å². The average Bonchev–Trinajstić information content (AvgIpc) is 2.27. The second-order valence-corrected chi connectivity index (χ2v) is 4.53. The van der Waals surface area contributed by atoms with Crippen molar-refractivity contribution in [3.05, 3.63) is 24.3 Å². The highest BCUT2D eigenvalue weighted by atomic mass is 16.6. The van der Waals surface area contributed by atoms with Crippen LogP contribution in [-0.2, 0) is 0 Å². The fourth-order valence-corrected chi connectivity index (χ4v) is 2.07. The van der Waals surface area contributed by atoms with Crippen molar-refractivity contribution in [1.82, 2.24) is 5.32 Å². The first-order valence-corrected chi connectivity index (χ1v) is 6.04. The van der Waals surface area contributed by atoms with Crippen molar-refractivity contribution in [2.75, 3.05) is 13.2 Å². The largest absolute Gasteiger partial charge is 0.486 e. The van der Waals surface area contributed by atoms with E-state index in [9.17, 15) is 0 Å². The first-order chi connectivity index (χ1) is 7.92. The van der Waals surface area contributed by atoms with E-state index in [0.717, 1.165) is 18.0 Å². The second kappa shape index (κ2) is 4.34. The number of rotatable bonds is 3. The minimum absolute atomic E-state index is 0.149. The summed E-state index contributed by atoms with van der Waals surface area (Å²) in [6.07, 6.45) is 4.13. The first kappa shape index (κ1) is 9.97. The van der Waals surface area contributed by atoms with Crippen molar-refractivity contribution in [2.45, 2.75) is 31.4 Å². The Kier molecular flexibility index (Phi) is 2.70. The number of hydrogen-bond acceptors (Lipinski definition) is 3. The van der Waals surface area contributed by atoms with Crippen LogP contribution >= 0.6 is 0 Å². The first-order valence-electron chi connectivity index (χ1n) is 6.04. The van der Waals surface area contributed by atoms with E-state index in [1.54, 1.807) is 0 Å². The van der Waals surface area contributed by atoms with Crippen LogP contribution in [0, 0.1) is 0 Å². The third-order valence-corrected chi connectivity index (χ3v) is 3.31. The van der Waals surface area contributed by atoms with Gasteiger partial charge in [0.2, 0.25) is 0 Å². The lowest BCUT2D eigenvalue weighted by Gasteiger charge is -2.31. The Bertz CT molecular complexity index is 363. The number of fused-ring (bicyclic) bond motifs is 1. The van der Waals surface area contributed by atoms with Crippen LogP contribution in [0.5, 0.6) is 11.5 Å². The van der Waals surface area contributed by atoms with Gasteiger partial charge in [-0.25, -0.2) is 0 Å².